The lowest BCUT2D eigenvalue weighted by atomic mass is 9.69. The highest BCUT2D eigenvalue weighted by Crippen LogP contribution is 2.41. The highest BCUT2D eigenvalue weighted by Gasteiger charge is 2.42. The molecule has 55 heavy (non-hydrogen) atoms. The number of aromatic nitrogens is 1. The first-order valence-corrected chi connectivity index (χ1v) is 20.1. The van der Waals surface area contributed by atoms with Gasteiger partial charge in [-0.3, -0.25) is 14.8 Å². The van der Waals surface area contributed by atoms with Gasteiger partial charge in [-0.15, -0.1) is 0 Å². The van der Waals surface area contributed by atoms with E-state index in [1.54, 1.807) is 31.0 Å². The molecular formula is C41H55ClFN7O5. The molecule has 2 unspecified atom stereocenters. The third-order valence-corrected chi connectivity index (χ3v) is 11.9. The minimum Gasteiger partial charge on any atom is -0.450 e. The number of alkyl halides is 1. The van der Waals surface area contributed by atoms with E-state index in [4.69, 9.17) is 21.1 Å². The Bertz CT molecular complexity index is 1620. The molecule has 6 rings (SSSR count). The average Bonchev–Trinajstić information content (AvgIpc) is 3.54. The van der Waals surface area contributed by atoms with E-state index in [0.29, 0.717) is 69.8 Å². The van der Waals surface area contributed by atoms with Crippen LogP contribution in [0.4, 0.5) is 14.0 Å². The quantitative estimate of drug-likeness (QED) is 0.366. The second-order valence-corrected chi connectivity index (χ2v) is 15.5. The van der Waals surface area contributed by atoms with Gasteiger partial charge in [-0.1, -0.05) is 41.9 Å². The van der Waals surface area contributed by atoms with Crippen molar-refractivity contribution in [2.24, 2.45) is 0 Å². The van der Waals surface area contributed by atoms with Crippen molar-refractivity contribution in [1.29, 1.82) is 10.5 Å². The van der Waals surface area contributed by atoms with Gasteiger partial charge in [0.05, 0.1) is 66.1 Å². The summed E-state index contributed by atoms with van der Waals surface area (Å²) in [5.74, 6) is 0. The molecule has 3 heterocycles. The Morgan fingerprint density at radius 2 is 1.33 bits per heavy atom. The Hall–Kier alpha value is -4.01. The molecule has 0 bridgehead atoms. The number of β-amino-alcohol motifs (C(OH)–C–C–N with tert-alkyl or cyclic N) is 1. The molecule has 2 aliphatic heterocycles. The number of hydrogen-bond donors (Lipinski definition) is 1. The number of carbonyl (C=O) groups excluding carboxylic acids is 2. The third kappa shape index (κ3) is 10.6. The average molecular weight is 780 g/mol. The third-order valence-electron chi connectivity index (χ3n) is 11.7. The van der Waals surface area contributed by atoms with Crippen LogP contribution in [-0.4, -0.2) is 132 Å². The summed E-state index contributed by atoms with van der Waals surface area (Å²) in [5, 5.41) is 30.6. The predicted octanol–water partition coefficient (Wildman–Crippen LogP) is 6.08. The van der Waals surface area contributed by atoms with Crippen molar-refractivity contribution in [2.45, 2.75) is 100 Å². The minimum absolute atomic E-state index is 0.0683. The summed E-state index contributed by atoms with van der Waals surface area (Å²) in [6.07, 6.45) is 5.55. The molecule has 12 nitrogen and oxygen atoms in total. The Balaban J connectivity index is 0.000000211. The number of pyridine rings is 1. The highest BCUT2D eigenvalue weighted by atomic mass is 35.5. The molecule has 1 aromatic carbocycles. The van der Waals surface area contributed by atoms with E-state index >= 15 is 0 Å². The van der Waals surface area contributed by atoms with Gasteiger partial charge in [0.15, 0.2) is 0 Å². The minimum atomic E-state index is -1.10. The van der Waals surface area contributed by atoms with Crippen LogP contribution in [0.3, 0.4) is 0 Å². The van der Waals surface area contributed by atoms with Gasteiger partial charge < -0.3 is 24.4 Å². The first-order chi connectivity index (χ1) is 26.5. The molecule has 2 atom stereocenters. The number of aliphatic hydroxyl groups is 1. The zero-order valence-corrected chi connectivity index (χ0v) is 32.9. The molecule has 2 saturated carbocycles. The number of aliphatic hydroxyl groups excluding tert-OH is 1. The van der Waals surface area contributed by atoms with Crippen LogP contribution in [0.25, 0.3) is 0 Å². The topological polar surface area (TPSA) is 146 Å². The van der Waals surface area contributed by atoms with E-state index in [2.05, 4.69) is 39.1 Å². The number of nitriles is 2. The molecule has 0 radical (unpaired) electrons. The van der Waals surface area contributed by atoms with Gasteiger partial charge in [-0.2, -0.15) is 10.5 Å². The maximum atomic E-state index is 14.5. The lowest BCUT2D eigenvalue weighted by molar-refractivity contribution is 0.0717. The van der Waals surface area contributed by atoms with E-state index in [9.17, 15) is 29.6 Å². The van der Waals surface area contributed by atoms with Crippen LogP contribution in [0.1, 0.15) is 76.5 Å². The van der Waals surface area contributed by atoms with Gasteiger partial charge in [0.2, 0.25) is 0 Å². The number of benzene rings is 1. The molecule has 2 amide bonds. The molecule has 4 aliphatic rings. The molecule has 298 valence electrons. The zero-order chi connectivity index (χ0) is 39.4. The number of rotatable bonds is 6. The van der Waals surface area contributed by atoms with Crippen LogP contribution in [0.2, 0.25) is 5.02 Å². The molecule has 2 aromatic rings. The van der Waals surface area contributed by atoms with Crippen LogP contribution in [0.5, 0.6) is 0 Å². The van der Waals surface area contributed by atoms with Crippen LogP contribution >= 0.6 is 11.6 Å². The van der Waals surface area contributed by atoms with Crippen molar-refractivity contribution in [3.05, 3.63) is 64.9 Å². The van der Waals surface area contributed by atoms with Gasteiger partial charge in [0.1, 0.15) is 6.17 Å². The van der Waals surface area contributed by atoms with E-state index in [1.165, 1.54) is 4.90 Å². The fraction of sp³-hybridized carbons (Fsp3) is 0.634. The standard InChI is InChI=1S/C21H29N3O3.C20H26ClFN4O2/c1-2-27-20(26)24-13-12-23(14-19(25)15-24)18-8-10-21(16-22,11-9-18)17-6-4-3-5-7-17;1-2-28-19(27)26-10-9-25(12-16(22)13-26)17-5-7-20(14-23,8-6-17)18-4-3-15(21)11-24-18/h3-7,18-19,25H,2,8-15H2,1H3;3-4,11,16-17H,2,5-10,12-13H2,1H3. The SMILES string of the molecule is CCOC(=O)N1CCN(C2CCC(C#N)(c3ccc(Cl)cn3)CC2)CC(F)C1.CCOC(=O)N1CCN(C2CCC(C#N)(c3ccccc3)CC2)CC(O)C1. The van der Waals surface area contributed by atoms with Gasteiger partial charge >= 0.3 is 12.2 Å². The van der Waals surface area contributed by atoms with Crippen LogP contribution in [-0.2, 0) is 20.3 Å². The number of nitrogens with zero attached hydrogens (tertiary/aromatic N) is 7. The highest BCUT2D eigenvalue weighted by molar-refractivity contribution is 6.30. The van der Waals surface area contributed by atoms with E-state index in [1.807, 2.05) is 24.3 Å². The van der Waals surface area contributed by atoms with E-state index < -0.39 is 29.2 Å². The number of halogens is 2. The van der Waals surface area contributed by atoms with Crippen LogP contribution in [0.15, 0.2) is 48.7 Å². The van der Waals surface area contributed by atoms with Gasteiger partial charge in [0, 0.05) is 57.5 Å². The number of amides is 2. The van der Waals surface area contributed by atoms with E-state index in [-0.39, 0.29) is 25.3 Å². The molecule has 4 fully saturated rings. The summed E-state index contributed by atoms with van der Waals surface area (Å²) in [6.45, 7) is 7.77. The first-order valence-electron chi connectivity index (χ1n) is 19.7. The number of ether oxygens (including phenoxy) is 2. The summed E-state index contributed by atoms with van der Waals surface area (Å²) < 4.78 is 24.5. The van der Waals surface area contributed by atoms with Gasteiger partial charge in [0.25, 0.3) is 0 Å². The summed E-state index contributed by atoms with van der Waals surface area (Å²) in [6, 6.07) is 19.3. The van der Waals surface area contributed by atoms with Gasteiger partial charge in [-0.05, 0) is 82.9 Å². The molecule has 2 aliphatic carbocycles. The lowest BCUT2D eigenvalue weighted by Gasteiger charge is -2.40. The summed E-state index contributed by atoms with van der Waals surface area (Å²) in [7, 11) is 0. The maximum Gasteiger partial charge on any atom is 0.409 e. The van der Waals surface area contributed by atoms with Gasteiger partial charge in [-0.25, -0.2) is 14.0 Å². The molecule has 1 N–H and O–H groups in total. The maximum absolute atomic E-state index is 14.5. The predicted molar refractivity (Wildman–Crippen MR) is 206 cm³/mol. The molecule has 14 heteroatoms. The Morgan fingerprint density at radius 3 is 1.84 bits per heavy atom. The van der Waals surface area contributed by atoms with Crippen molar-refractivity contribution in [2.75, 3.05) is 65.6 Å². The molecular weight excluding hydrogens is 725 g/mol. The fourth-order valence-electron chi connectivity index (χ4n) is 8.65. The second kappa shape index (κ2) is 19.7. The van der Waals surface area contributed by atoms with Crippen molar-refractivity contribution < 1.29 is 28.6 Å². The molecule has 0 spiro atoms. The zero-order valence-electron chi connectivity index (χ0n) is 32.1. The van der Waals surface area contributed by atoms with Crippen molar-refractivity contribution >= 4 is 23.8 Å². The Morgan fingerprint density at radius 1 is 0.800 bits per heavy atom. The first kappa shape index (κ1) is 42.1. The van der Waals surface area contributed by atoms with E-state index in [0.717, 1.165) is 56.3 Å². The molecule has 2 saturated heterocycles. The summed E-state index contributed by atoms with van der Waals surface area (Å²) in [5.41, 5.74) is 0.846. The number of carbonyl (C=O) groups is 2. The monoisotopic (exact) mass is 779 g/mol. The van der Waals surface area contributed by atoms with Crippen LogP contribution in [0, 0.1) is 22.7 Å². The van der Waals surface area contributed by atoms with Crippen molar-refractivity contribution in [3.8, 4) is 12.1 Å². The smallest absolute Gasteiger partial charge is 0.409 e. The molecule has 1 aromatic heterocycles. The fourth-order valence-corrected chi connectivity index (χ4v) is 8.76. The normalized spacial score (nSPS) is 29.3. The van der Waals surface area contributed by atoms with Crippen LogP contribution < -0.4 is 0 Å². The summed E-state index contributed by atoms with van der Waals surface area (Å²) in [4.78, 5) is 35.8. The largest absolute Gasteiger partial charge is 0.450 e. The Labute approximate surface area is 329 Å². The number of hydrogen-bond acceptors (Lipinski definition) is 10. The lowest BCUT2D eigenvalue weighted by Crippen LogP contribution is -2.45. The second-order valence-electron chi connectivity index (χ2n) is 15.1. The Kier molecular flexibility index (Phi) is 15.1. The van der Waals surface area contributed by atoms with Crippen molar-refractivity contribution in [3.63, 3.8) is 0 Å². The summed E-state index contributed by atoms with van der Waals surface area (Å²) >= 11 is 5.92. The van der Waals surface area contributed by atoms with Crippen molar-refractivity contribution in [1.82, 2.24) is 24.6 Å².